The second-order valence-corrected chi connectivity index (χ2v) is 5.11. The lowest BCUT2D eigenvalue weighted by molar-refractivity contribution is -0.148. The Hall–Kier alpha value is -2.08. The number of carbonyl (C=O) groups is 2. The third kappa shape index (κ3) is 5.07. The van der Waals surface area contributed by atoms with Crippen LogP contribution >= 0.6 is 0 Å². The molecule has 0 aliphatic carbocycles. The number of hydrogen-bond acceptors (Lipinski definition) is 5. The molecule has 116 valence electrons. The quantitative estimate of drug-likeness (QED) is 0.752. The summed E-state index contributed by atoms with van der Waals surface area (Å²) in [7, 11) is 1.28. The maximum Gasteiger partial charge on any atom is 0.325 e. The Morgan fingerprint density at radius 1 is 1.29 bits per heavy atom. The summed E-state index contributed by atoms with van der Waals surface area (Å²) in [6.45, 7) is 3.51. The van der Waals surface area contributed by atoms with Gasteiger partial charge in [0.1, 0.15) is 12.3 Å². The number of ether oxygens (including phenoxy) is 1. The van der Waals surface area contributed by atoms with Crippen molar-refractivity contribution in [1.29, 1.82) is 0 Å². The Kier molecular flexibility index (Phi) is 6.17. The highest BCUT2D eigenvalue weighted by Gasteiger charge is 2.25. The molecule has 6 nitrogen and oxygen atoms in total. The average molecular weight is 294 g/mol. The molecule has 3 N–H and O–H groups in total. The van der Waals surface area contributed by atoms with Gasteiger partial charge in [0, 0.05) is 6.04 Å². The van der Waals surface area contributed by atoms with E-state index in [2.05, 4.69) is 4.74 Å². The second kappa shape index (κ2) is 7.64. The lowest BCUT2D eigenvalue weighted by Crippen LogP contribution is -2.49. The van der Waals surface area contributed by atoms with Crippen LogP contribution in [0.25, 0.3) is 0 Å². The third-order valence-electron chi connectivity index (χ3n) is 3.14. The fourth-order valence-electron chi connectivity index (χ4n) is 1.90. The number of aromatic hydroxyl groups is 1. The van der Waals surface area contributed by atoms with Crippen LogP contribution in [0, 0.1) is 0 Å². The molecule has 1 aromatic carbocycles. The first-order chi connectivity index (χ1) is 9.85. The van der Waals surface area contributed by atoms with Crippen molar-refractivity contribution in [3.63, 3.8) is 0 Å². The standard InChI is InChI=1S/C15H22N2O4/c1-10(2)17(9-14(19)21-3)15(20)13(16)8-11-4-6-12(18)7-5-11/h4-7,10,13,18H,8-9,16H2,1-3H3. The number of phenols is 1. The van der Waals surface area contributed by atoms with Gasteiger partial charge in [0.05, 0.1) is 13.2 Å². The summed E-state index contributed by atoms with van der Waals surface area (Å²) in [5.41, 5.74) is 6.78. The fourth-order valence-corrected chi connectivity index (χ4v) is 1.90. The first kappa shape index (κ1) is 17.0. The van der Waals surface area contributed by atoms with Crippen molar-refractivity contribution in [2.45, 2.75) is 32.4 Å². The van der Waals surface area contributed by atoms with E-state index in [1.165, 1.54) is 12.0 Å². The van der Waals surface area contributed by atoms with E-state index in [1.54, 1.807) is 24.3 Å². The minimum atomic E-state index is -0.749. The van der Waals surface area contributed by atoms with Crippen molar-refractivity contribution >= 4 is 11.9 Å². The molecule has 0 bridgehead atoms. The van der Waals surface area contributed by atoms with Crippen LogP contribution < -0.4 is 5.73 Å². The summed E-state index contributed by atoms with van der Waals surface area (Å²) in [6, 6.07) is 5.61. The van der Waals surface area contributed by atoms with E-state index in [-0.39, 0.29) is 24.2 Å². The molecule has 21 heavy (non-hydrogen) atoms. The topological polar surface area (TPSA) is 92.9 Å². The number of methoxy groups -OCH3 is 1. The van der Waals surface area contributed by atoms with Crippen LogP contribution in [0.2, 0.25) is 0 Å². The molecule has 0 heterocycles. The molecule has 0 aliphatic rings. The Balaban J connectivity index is 2.73. The normalized spacial score (nSPS) is 12.0. The Labute approximate surface area is 124 Å². The van der Waals surface area contributed by atoms with Crippen LogP contribution in [0.5, 0.6) is 5.75 Å². The zero-order valence-corrected chi connectivity index (χ0v) is 12.6. The second-order valence-electron chi connectivity index (χ2n) is 5.11. The average Bonchev–Trinajstić information content (AvgIpc) is 2.45. The van der Waals surface area contributed by atoms with Crippen molar-refractivity contribution in [1.82, 2.24) is 4.90 Å². The Bertz CT molecular complexity index is 485. The molecule has 1 unspecified atom stereocenters. The summed E-state index contributed by atoms with van der Waals surface area (Å²) < 4.78 is 4.59. The van der Waals surface area contributed by atoms with Gasteiger partial charge in [-0.05, 0) is 38.0 Å². The third-order valence-corrected chi connectivity index (χ3v) is 3.14. The highest BCUT2D eigenvalue weighted by molar-refractivity contribution is 5.86. The van der Waals surface area contributed by atoms with Crippen molar-refractivity contribution in [2.75, 3.05) is 13.7 Å². The first-order valence-electron chi connectivity index (χ1n) is 6.76. The van der Waals surface area contributed by atoms with Crippen LogP contribution in [0.4, 0.5) is 0 Å². The van der Waals surface area contributed by atoms with Gasteiger partial charge in [0.15, 0.2) is 0 Å². The highest BCUT2D eigenvalue weighted by atomic mass is 16.5. The zero-order chi connectivity index (χ0) is 16.0. The van der Waals surface area contributed by atoms with Gasteiger partial charge in [-0.1, -0.05) is 12.1 Å². The molecule has 0 radical (unpaired) electrons. The molecule has 1 rings (SSSR count). The predicted octanol–water partition coefficient (Wildman–Crippen LogP) is 0.672. The van der Waals surface area contributed by atoms with Crippen LogP contribution in [-0.2, 0) is 20.7 Å². The molecule has 1 aromatic rings. The maximum atomic E-state index is 12.4. The van der Waals surface area contributed by atoms with Gasteiger partial charge >= 0.3 is 5.97 Å². The molecule has 1 amide bonds. The molecule has 0 aromatic heterocycles. The number of amides is 1. The number of nitrogens with two attached hydrogens (primary N) is 1. The van der Waals surface area contributed by atoms with Gasteiger partial charge < -0.3 is 20.5 Å². The summed E-state index contributed by atoms with van der Waals surface area (Å²) in [4.78, 5) is 25.1. The van der Waals surface area contributed by atoms with E-state index in [0.29, 0.717) is 6.42 Å². The summed E-state index contributed by atoms with van der Waals surface area (Å²) in [6.07, 6.45) is 0.337. The molecule has 1 atom stereocenters. The Morgan fingerprint density at radius 2 is 1.86 bits per heavy atom. The van der Waals surface area contributed by atoms with Crippen molar-refractivity contribution in [3.8, 4) is 5.75 Å². The van der Waals surface area contributed by atoms with Gasteiger partial charge in [-0.25, -0.2) is 0 Å². The fraction of sp³-hybridized carbons (Fsp3) is 0.467. The number of phenolic OH excluding ortho intramolecular Hbond substituents is 1. The van der Waals surface area contributed by atoms with E-state index >= 15 is 0 Å². The van der Waals surface area contributed by atoms with E-state index in [9.17, 15) is 14.7 Å². The molecular weight excluding hydrogens is 272 g/mol. The minimum absolute atomic E-state index is 0.115. The number of carbonyl (C=O) groups excluding carboxylic acids is 2. The molecule has 0 aliphatic heterocycles. The molecule has 0 spiro atoms. The summed E-state index contributed by atoms with van der Waals surface area (Å²) in [5, 5.41) is 9.23. The van der Waals surface area contributed by atoms with Crippen LogP contribution in [0.3, 0.4) is 0 Å². The SMILES string of the molecule is COC(=O)CN(C(=O)C(N)Cc1ccc(O)cc1)C(C)C. The van der Waals surface area contributed by atoms with E-state index in [0.717, 1.165) is 5.56 Å². The summed E-state index contributed by atoms with van der Waals surface area (Å²) >= 11 is 0. The molecule has 0 fully saturated rings. The van der Waals surface area contributed by atoms with Gasteiger partial charge in [-0.2, -0.15) is 0 Å². The maximum absolute atomic E-state index is 12.4. The van der Waals surface area contributed by atoms with Gasteiger partial charge in [0.25, 0.3) is 0 Å². The van der Waals surface area contributed by atoms with Crippen molar-refractivity contribution in [3.05, 3.63) is 29.8 Å². The molecule has 0 saturated heterocycles. The molecular formula is C15H22N2O4. The molecule has 6 heteroatoms. The lowest BCUT2D eigenvalue weighted by Gasteiger charge is -2.28. The van der Waals surface area contributed by atoms with E-state index in [4.69, 9.17) is 5.73 Å². The van der Waals surface area contributed by atoms with E-state index < -0.39 is 12.0 Å². The molecule has 0 saturated carbocycles. The van der Waals surface area contributed by atoms with Gasteiger partial charge in [-0.15, -0.1) is 0 Å². The lowest BCUT2D eigenvalue weighted by atomic mass is 10.0. The van der Waals surface area contributed by atoms with E-state index in [1.807, 2.05) is 13.8 Å². The van der Waals surface area contributed by atoms with Crippen LogP contribution in [-0.4, -0.2) is 47.6 Å². The zero-order valence-electron chi connectivity index (χ0n) is 12.6. The van der Waals surface area contributed by atoms with Gasteiger partial charge in [-0.3, -0.25) is 9.59 Å². The Morgan fingerprint density at radius 3 is 2.33 bits per heavy atom. The van der Waals surface area contributed by atoms with Crippen molar-refractivity contribution in [2.24, 2.45) is 5.73 Å². The minimum Gasteiger partial charge on any atom is -0.508 e. The smallest absolute Gasteiger partial charge is 0.325 e. The number of esters is 1. The monoisotopic (exact) mass is 294 g/mol. The van der Waals surface area contributed by atoms with Crippen LogP contribution in [0.15, 0.2) is 24.3 Å². The predicted molar refractivity (Wildman–Crippen MR) is 78.7 cm³/mol. The number of hydrogen-bond donors (Lipinski definition) is 2. The largest absolute Gasteiger partial charge is 0.508 e. The van der Waals surface area contributed by atoms with Crippen LogP contribution in [0.1, 0.15) is 19.4 Å². The summed E-state index contributed by atoms with van der Waals surface area (Å²) in [5.74, 6) is -0.620. The first-order valence-corrected chi connectivity index (χ1v) is 6.76. The van der Waals surface area contributed by atoms with Crippen molar-refractivity contribution < 1.29 is 19.4 Å². The number of benzene rings is 1. The highest BCUT2D eigenvalue weighted by Crippen LogP contribution is 2.12. The number of rotatable bonds is 6. The van der Waals surface area contributed by atoms with Gasteiger partial charge in [0.2, 0.25) is 5.91 Å². The number of nitrogens with zero attached hydrogens (tertiary/aromatic N) is 1.